The molecule has 82 valence electrons. The summed E-state index contributed by atoms with van der Waals surface area (Å²) in [6, 6.07) is 0. The second-order valence-corrected chi connectivity index (χ2v) is 4.37. The molecular formula is C10H12Cl2N2O. The average Bonchev–Trinajstić information content (AvgIpc) is 2.24. The molecule has 0 radical (unpaired) electrons. The predicted octanol–water partition coefficient (Wildman–Crippen LogP) is 3.49. The maximum Gasteiger partial charge on any atom is 0.224 e. The van der Waals surface area contributed by atoms with Crippen LogP contribution in [0.4, 0.5) is 0 Å². The molecule has 0 aliphatic heterocycles. The summed E-state index contributed by atoms with van der Waals surface area (Å²) in [5, 5.41) is 0.441. The van der Waals surface area contributed by atoms with Crippen molar-refractivity contribution in [1.29, 1.82) is 0 Å². The second kappa shape index (κ2) is 4.99. The molecule has 0 amide bonds. The quantitative estimate of drug-likeness (QED) is 0.592. The highest BCUT2D eigenvalue weighted by molar-refractivity contribution is 6.32. The van der Waals surface area contributed by atoms with Gasteiger partial charge >= 0.3 is 0 Å². The molecule has 0 bridgehead atoms. The Bertz CT molecular complexity index is 340. The smallest absolute Gasteiger partial charge is 0.224 e. The van der Waals surface area contributed by atoms with Gasteiger partial charge < -0.3 is 4.74 Å². The fourth-order valence-electron chi connectivity index (χ4n) is 1.77. The van der Waals surface area contributed by atoms with Crippen LogP contribution >= 0.6 is 23.2 Å². The minimum Gasteiger partial charge on any atom is -0.486 e. The highest BCUT2D eigenvalue weighted by Gasteiger charge is 2.16. The van der Waals surface area contributed by atoms with Crippen LogP contribution in [-0.2, 0) is 0 Å². The molecule has 0 N–H and O–H groups in total. The molecule has 0 unspecified atom stereocenters. The molecule has 0 spiro atoms. The van der Waals surface area contributed by atoms with Gasteiger partial charge in [-0.1, -0.05) is 18.0 Å². The van der Waals surface area contributed by atoms with Crippen molar-refractivity contribution in [1.82, 2.24) is 9.97 Å². The topological polar surface area (TPSA) is 35.0 Å². The first-order chi connectivity index (χ1) is 7.25. The van der Waals surface area contributed by atoms with E-state index in [-0.39, 0.29) is 11.4 Å². The standard InChI is InChI=1S/C10H12Cl2N2O/c11-9-8(6-13-10(12)14-9)15-7-4-2-1-3-5-7/h6-7H,1-5H2. The highest BCUT2D eigenvalue weighted by atomic mass is 35.5. The number of hydrogen-bond donors (Lipinski definition) is 0. The molecule has 1 fully saturated rings. The van der Waals surface area contributed by atoms with E-state index >= 15 is 0 Å². The van der Waals surface area contributed by atoms with Gasteiger partial charge in [0.05, 0.1) is 12.3 Å². The molecule has 0 atom stereocenters. The normalized spacial score (nSPS) is 17.7. The molecule has 2 rings (SSSR count). The first-order valence-corrected chi connectivity index (χ1v) is 5.86. The third kappa shape index (κ3) is 2.95. The molecule has 1 saturated carbocycles. The van der Waals surface area contributed by atoms with E-state index in [4.69, 9.17) is 27.9 Å². The molecule has 0 aromatic carbocycles. The molecule has 0 saturated heterocycles. The van der Waals surface area contributed by atoms with Crippen LogP contribution in [0.15, 0.2) is 6.20 Å². The second-order valence-electron chi connectivity index (χ2n) is 3.67. The van der Waals surface area contributed by atoms with Crippen molar-refractivity contribution in [3.8, 4) is 5.75 Å². The zero-order chi connectivity index (χ0) is 10.7. The summed E-state index contributed by atoms with van der Waals surface area (Å²) in [6.45, 7) is 0. The zero-order valence-electron chi connectivity index (χ0n) is 8.25. The van der Waals surface area contributed by atoms with E-state index in [9.17, 15) is 0 Å². The summed E-state index contributed by atoms with van der Waals surface area (Å²) in [6.07, 6.45) is 7.68. The van der Waals surface area contributed by atoms with E-state index in [0.29, 0.717) is 10.9 Å². The number of rotatable bonds is 2. The lowest BCUT2D eigenvalue weighted by molar-refractivity contribution is 0.154. The largest absolute Gasteiger partial charge is 0.486 e. The third-order valence-corrected chi connectivity index (χ3v) is 2.98. The maximum atomic E-state index is 5.89. The lowest BCUT2D eigenvalue weighted by Gasteiger charge is -2.22. The van der Waals surface area contributed by atoms with Gasteiger partial charge in [0.2, 0.25) is 5.28 Å². The van der Waals surface area contributed by atoms with Crippen LogP contribution in [0.3, 0.4) is 0 Å². The fraction of sp³-hybridized carbons (Fsp3) is 0.600. The molecular weight excluding hydrogens is 235 g/mol. The number of nitrogens with zero attached hydrogens (tertiary/aromatic N) is 2. The van der Waals surface area contributed by atoms with Gasteiger partial charge in [-0.3, -0.25) is 0 Å². The van der Waals surface area contributed by atoms with Crippen molar-refractivity contribution >= 4 is 23.2 Å². The van der Waals surface area contributed by atoms with Crippen LogP contribution in [0.25, 0.3) is 0 Å². The minimum atomic E-state index is 0.149. The number of halogens is 2. The van der Waals surface area contributed by atoms with E-state index in [1.807, 2.05) is 0 Å². The van der Waals surface area contributed by atoms with Crippen molar-refractivity contribution in [2.24, 2.45) is 0 Å². The molecule has 1 aromatic heterocycles. The summed E-state index contributed by atoms with van der Waals surface area (Å²) < 4.78 is 5.73. The van der Waals surface area contributed by atoms with Crippen molar-refractivity contribution in [2.75, 3.05) is 0 Å². The Morgan fingerprint density at radius 3 is 2.60 bits per heavy atom. The van der Waals surface area contributed by atoms with Gasteiger partial charge in [-0.15, -0.1) is 0 Å². The fourth-order valence-corrected chi connectivity index (χ4v) is 2.12. The van der Waals surface area contributed by atoms with Crippen LogP contribution in [0.1, 0.15) is 32.1 Å². The highest BCUT2D eigenvalue weighted by Crippen LogP contribution is 2.27. The van der Waals surface area contributed by atoms with Crippen LogP contribution in [0.5, 0.6) is 5.75 Å². The lowest BCUT2D eigenvalue weighted by Crippen LogP contribution is -2.20. The van der Waals surface area contributed by atoms with Crippen LogP contribution < -0.4 is 4.74 Å². The Labute approximate surface area is 98.8 Å². The van der Waals surface area contributed by atoms with Gasteiger partial charge in [-0.25, -0.2) is 9.97 Å². The van der Waals surface area contributed by atoms with E-state index in [1.165, 1.54) is 25.5 Å². The third-order valence-electron chi connectivity index (χ3n) is 2.53. The first-order valence-electron chi connectivity index (χ1n) is 5.10. The Kier molecular flexibility index (Phi) is 3.65. The Balaban J connectivity index is 2.03. The number of hydrogen-bond acceptors (Lipinski definition) is 3. The summed E-state index contributed by atoms with van der Waals surface area (Å²) in [5.41, 5.74) is 0. The van der Waals surface area contributed by atoms with Crippen molar-refractivity contribution in [3.63, 3.8) is 0 Å². The van der Waals surface area contributed by atoms with Gasteiger partial charge in [0, 0.05) is 0 Å². The van der Waals surface area contributed by atoms with Gasteiger partial charge in [0.15, 0.2) is 10.9 Å². The van der Waals surface area contributed by atoms with E-state index in [0.717, 1.165) is 12.8 Å². The van der Waals surface area contributed by atoms with E-state index < -0.39 is 0 Å². The molecule has 3 nitrogen and oxygen atoms in total. The minimum absolute atomic E-state index is 0.149. The van der Waals surface area contributed by atoms with E-state index in [2.05, 4.69) is 9.97 Å². The first kappa shape index (κ1) is 11.0. The van der Waals surface area contributed by atoms with Gasteiger partial charge in [-0.05, 0) is 37.3 Å². The van der Waals surface area contributed by atoms with Gasteiger partial charge in [0.1, 0.15) is 0 Å². The van der Waals surface area contributed by atoms with Crippen molar-refractivity contribution in [3.05, 3.63) is 16.6 Å². The summed E-state index contributed by atoms with van der Waals surface area (Å²) in [7, 11) is 0. The van der Waals surface area contributed by atoms with Gasteiger partial charge in [0.25, 0.3) is 0 Å². The summed E-state index contributed by atoms with van der Waals surface area (Å²) in [4.78, 5) is 7.68. The SMILES string of the molecule is Clc1ncc(OC2CCCCC2)c(Cl)n1. The zero-order valence-corrected chi connectivity index (χ0v) is 9.76. The number of aromatic nitrogens is 2. The summed E-state index contributed by atoms with van der Waals surface area (Å²) in [5.74, 6) is 0.535. The predicted molar refractivity (Wildman–Crippen MR) is 59.6 cm³/mol. The van der Waals surface area contributed by atoms with Crippen LogP contribution in [-0.4, -0.2) is 16.1 Å². The molecule has 1 aliphatic rings. The molecule has 15 heavy (non-hydrogen) atoms. The Morgan fingerprint density at radius 2 is 1.93 bits per heavy atom. The monoisotopic (exact) mass is 246 g/mol. The average molecular weight is 247 g/mol. The molecule has 5 heteroatoms. The molecule has 1 aliphatic carbocycles. The number of ether oxygens (including phenoxy) is 1. The van der Waals surface area contributed by atoms with Crippen molar-refractivity contribution < 1.29 is 4.74 Å². The van der Waals surface area contributed by atoms with Crippen molar-refractivity contribution in [2.45, 2.75) is 38.2 Å². The maximum absolute atomic E-state index is 5.89. The Morgan fingerprint density at radius 1 is 1.20 bits per heavy atom. The van der Waals surface area contributed by atoms with Crippen LogP contribution in [0.2, 0.25) is 10.4 Å². The van der Waals surface area contributed by atoms with E-state index in [1.54, 1.807) is 0 Å². The van der Waals surface area contributed by atoms with Crippen LogP contribution in [0, 0.1) is 0 Å². The molecule has 1 aromatic rings. The van der Waals surface area contributed by atoms with Gasteiger partial charge in [-0.2, -0.15) is 0 Å². The summed E-state index contributed by atoms with van der Waals surface area (Å²) >= 11 is 11.5. The molecule has 1 heterocycles. The lowest BCUT2D eigenvalue weighted by atomic mass is 9.98. The Hall–Kier alpha value is -0.540.